The van der Waals surface area contributed by atoms with Gasteiger partial charge in [-0.05, 0) is 64.6 Å². The van der Waals surface area contributed by atoms with Crippen molar-refractivity contribution < 1.29 is 14.4 Å². The maximum absolute atomic E-state index is 13.0. The molecule has 5 rings (SSSR count). The lowest BCUT2D eigenvalue weighted by atomic mass is 9.87. The standard InChI is InChI=1S/C34H33N3O3S/c1-34(2,3)27-18-16-25(17-19-27)32(40)36-29-11-7-10-28(20-29)35-31(39)24-12-14-26(15-13-24)33-37(30(38)22-41-33)21-23-8-5-4-6-9-23/h4-20,33H,21-22H2,1-3H3,(H,35,39)(H,36,40)/t33-/m0/s1. The van der Waals surface area contributed by atoms with Gasteiger partial charge in [0.15, 0.2) is 0 Å². The van der Waals surface area contributed by atoms with E-state index in [0.29, 0.717) is 34.8 Å². The average molecular weight is 564 g/mol. The van der Waals surface area contributed by atoms with Crippen molar-refractivity contribution in [3.63, 3.8) is 0 Å². The fraction of sp³-hybridized carbons (Fsp3) is 0.206. The molecule has 208 valence electrons. The van der Waals surface area contributed by atoms with E-state index in [9.17, 15) is 14.4 Å². The number of rotatable bonds is 7. The molecule has 1 fully saturated rings. The van der Waals surface area contributed by atoms with Crippen LogP contribution in [0.3, 0.4) is 0 Å². The number of hydrogen-bond donors (Lipinski definition) is 2. The third kappa shape index (κ3) is 6.87. The van der Waals surface area contributed by atoms with E-state index in [-0.39, 0.29) is 28.5 Å². The van der Waals surface area contributed by atoms with Gasteiger partial charge in [-0.25, -0.2) is 0 Å². The molecule has 0 unspecified atom stereocenters. The Labute approximate surface area is 245 Å². The average Bonchev–Trinajstić information content (AvgIpc) is 3.33. The lowest BCUT2D eigenvalue weighted by Crippen LogP contribution is -2.27. The van der Waals surface area contributed by atoms with E-state index >= 15 is 0 Å². The number of hydrogen-bond acceptors (Lipinski definition) is 4. The van der Waals surface area contributed by atoms with E-state index in [2.05, 4.69) is 31.4 Å². The van der Waals surface area contributed by atoms with Crippen LogP contribution in [0.1, 0.15) is 63.6 Å². The largest absolute Gasteiger partial charge is 0.322 e. The fourth-order valence-electron chi connectivity index (χ4n) is 4.68. The van der Waals surface area contributed by atoms with Gasteiger partial charge in [-0.3, -0.25) is 14.4 Å². The molecule has 1 saturated heterocycles. The number of amides is 3. The van der Waals surface area contributed by atoms with E-state index in [1.54, 1.807) is 48.2 Å². The van der Waals surface area contributed by atoms with Crippen LogP contribution in [0.5, 0.6) is 0 Å². The van der Waals surface area contributed by atoms with E-state index in [0.717, 1.165) is 16.7 Å². The summed E-state index contributed by atoms with van der Waals surface area (Å²) in [6.07, 6.45) is 0. The molecule has 0 radical (unpaired) electrons. The van der Waals surface area contributed by atoms with Gasteiger partial charge in [-0.1, -0.05) is 81.4 Å². The van der Waals surface area contributed by atoms with Gasteiger partial charge in [0.1, 0.15) is 5.37 Å². The summed E-state index contributed by atoms with van der Waals surface area (Å²) in [5.74, 6) is 0.0808. The number of carbonyl (C=O) groups is 3. The van der Waals surface area contributed by atoms with E-state index in [1.807, 2.05) is 71.6 Å². The second-order valence-corrected chi connectivity index (χ2v) is 12.2. The number of benzene rings is 4. The van der Waals surface area contributed by atoms with Gasteiger partial charge in [0.25, 0.3) is 11.8 Å². The minimum atomic E-state index is -0.255. The van der Waals surface area contributed by atoms with E-state index in [4.69, 9.17) is 0 Å². The topological polar surface area (TPSA) is 78.5 Å². The van der Waals surface area contributed by atoms with Crippen molar-refractivity contribution in [2.75, 3.05) is 16.4 Å². The van der Waals surface area contributed by atoms with Crippen LogP contribution < -0.4 is 10.6 Å². The van der Waals surface area contributed by atoms with Crippen LogP contribution in [0, 0.1) is 0 Å². The molecular weight excluding hydrogens is 530 g/mol. The predicted octanol–water partition coefficient (Wildman–Crippen LogP) is 7.26. The SMILES string of the molecule is CC(C)(C)c1ccc(C(=O)Nc2cccc(NC(=O)c3ccc([C@@H]4SCC(=O)N4Cc4ccccc4)cc3)c2)cc1. The Balaban J connectivity index is 1.22. The highest BCUT2D eigenvalue weighted by Gasteiger charge is 2.32. The molecular formula is C34H33N3O3S. The molecule has 0 saturated carbocycles. The second-order valence-electron chi connectivity index (χ2n) is 11.1. The zero-order valence-electron chi connectivity index (χ0n) is 23.4. The van der Waals surface area contributed by atoms with Crippen molar-refractivity contribution in [1.29, 1.82) is 0 Å². The van der Waals surface area contributed by atoms with Crippen molar-refractivity contribution in [3.05, 3.63) is 131 Å². The molecule has 1 aliphatic heterocycles. The quantitative estimate of drug-likeness (QED) is 0.248. The van der Waals surface area contributed by atoms with Gasteiger partial charge in [0.2, 0.25) is 5.91 Å². The minimum Gasteiger partial charge on any atom is -0.322 e. The van der Waals surface area contributed by atoms with Gasteiger partial charge >= 0.3 is 0 Å². The molecule has 0 aromatic heterocycles. The van der Waals surface area contributed by atoms with E-state index in [1.165, 1.54) is 0 Å². The van der Waals surface area contributed by atoms with Crippen LogP contribution in [0.25, 0.3) is 0 Å². The summed E-state index contributed by atoms with van der Waals surface area (Å²) in [6, 6.07) is 32.0. The fourth-order valence-corrected chi connectivity index (χ4v) is 5.87. The van der Waals surface area contributed by atoms with Crippen molar-refractivity contribution in [2.24, 2.45) is 0 Å². The normalized spacial score (nSPS) is 15.0. The summed E-state index contributed by atoms with van der Waals surface area (Å²) >= 11 is 1.60. The zero-order valence-corrected chi connectivity index (χ0v) is 24.2. The first-order valence-corrected chi connectivity index (χ1v) is 14.6. The third-order valence-electron chi connectivity index (χ3n) is 7.01. The Morgan fingerprint density at radius 2 is 1.34 bits per heavy atom. The van der Waals surface area contributed by atoms with E-state index < -0.39 is 0 Å². The Morgan fingerprint density at radius 1 is 0.780 bits per heavy atom. The second kappa shape index (κ2) is 12.0. The zero-order chi connectivity index (χ0) is 29.0. The molecule has 0 aliphatic carbocycles. The highest BCUT2D eigenvalue weighted by Crippen LogP contribution is 2.39. The molecule has 1 atom stereocenters. The van der Waals surface area contributed by atoms with Gasteiger partial charge < -0.3 is 15.5 Å². The maximum Gasteiger partial charge on any atom is 0.255 e. The number of thioether (sulfide) groups is 1. The predicted molar refractivity (Wildman–Crippen MR) is 166 cm³/mol. The van der Waals surface area contributed by atoms with Crippen molar-refractivity contribution in [2.45, 2.75) is 38.1 Å². The first-order chi connectivity index (χ1) is 19.7. The third-order valence-corrected chi connectivity index (χ3v) is 8.27. The Kier molecular flexibility index (Phi) is 8.26. The van der Waals surface area contributed by atoms with Crippen molar-refractivity contribution in [1.82, 2.24) is 4.90 Å². The maximum atomic E-state index is 13.0. The van der Waals surface area contributed by atoms with Crippen molar-refractivity contribution >= 4 is 40.9 Å². The molecule has 4 aromatic rings. The summed E-state index contributed by atoms with van der Waals surface area (Å²) in [4.78, 5) is 40.3. The van der Waals surface area contributed by atoms with Crippen LogP contribution in [0.2, 0.25) is 0 Å². The van der Waals surface area contributed by atoms with Crippen LogP contribution in [-0.4, -0.2) is 28.4 Å². The molecule has 2 N–H and O–H groups in total. The van der Waals surface area contributed by atoms with Gasteiger partial charge in [0.05, 0.1) is 5.75 Å². The smallest absolute Gasteiger partial charge is 0.255 e. The monoisotopic (exact) mass is 563 g/mol. The van der Waals surface area contributed by atoms with Crippen LogP contribution in [0.4, 0.5) is 11.4 Å². The Morgan fingerprint density at radius 3 is 1.90 bits per heavy atom. The van der Waals surface area contributed by atoms with Crippen molar-refractivity contribution in [3.8, 4) is 0 Å². The number of nitrogens with zero attached hydrogens (tertiary/aromatic N) is 1. The molecule has 0 spiro atoms. The molecule has 4 aromatic carbocycles. The summed E-state index contributed by atoms with van der Waals surface area (Å²) < 4.78 is 0. The molecule has 1 heterocycles. The minimum absolute atomic E-state index is 0.0130. The number of carbonyl (C=O) groups excluding carboxylic acids is 3. The van der Waals surface area contributed by atoms with Crippen LogP contribution in [-0.2, 0) is 16.8 Å². The lowest BCUT2D eigenvalue weighted by Gasteiger charge is -2.24. The summed E-state index contributed by atoms with van der Waals surface area (Å²) in [7, 11) is 0. The Bertz CT molecular complexity index is 1550. The molecule has 1 aliphatic rings. The summed E-state index contributed by atoms with van der Waals surface area (Å²) in [5, 5.41) is 5.73. The molecule has 6 nitrogen and oxygen atoms in total. The van der Waals surface area contributed by atoms with Crippen LogP contribution in [0.15, 0.2) is 103 Å². The van der Waals surface area contributed by atoms with Gasteiger partial charge in [-0.2, -0.15) is 0 Å². The Hall–Kier alpha value is -4.36. The summed E-state index contributed by atoms with van der Waals surface area (Å²) in [5.41, 5.74) is 5.47. The molecule has 3 amide bonds. The molecule has 41 heavy (non-hydrogen) atoms. The summed E-state index contributed by atoms with van der Waals surface area (Å²) in [6.45, 7) is 6.95. The number of nitrogens with one attached hydrogen (secondary N) is 2. The van der Waals surface area contributed by atoms with Gasteiger partial charge in [-0.15, -0.1) is 11.8 Å². The first kappa shape index (κ1) is 28.2. The molecule has 0 bridgehead atoms. The highest BCUT2D eigenvalue weighted by molar-refractivity contribution is 8.00. The highest BCUT2D eigenvalue weighted by atomic mass is 32.2. The van der Waals surface area contributed by atoms with Gasteiger partial charge in [0, 0.05) is 29.0 Å². The van der Waals surface area contributed by atoms with Crippen LogP contribution >= 0.6 is 11.8 Å². The lowest BCUT2D eigenvalue weighted by molar-refractivity contribution is -0.128. The molecule has 7 heteroatoms. The number of anilines is 2. The first-order valence-electron chi connectivity index (χ1n) is 13.6.